The van der Waals surface area contributed by atoms with E-state index in [0.29, 0.717) is 19.5 Å². The molecule has 0 saturated carbocycles. The van der Waals surface area contributed by atoms with E-state index in [4.69, 9.17) is 22.7 Å². The average molecular weight is 423 g/mol. The molecule has 4 N–H and O–H groups in total. The van der Waals surface area contributed by atoms with E-state index in [0.717, 1.165) is 23.7 Å². The van der Waals surface area contributed by atoms with Crippen molar-refractivity contribution in [3.05, 3.63) is 11.1 Å². The van der Waals surface area contributed by atoms with Gasteiger partial charge in [0.2, 0.25) is 0 Å². The second-order valence-electron chi connectivity index (χ2n) is 5.60. The monoisotopic (exact) mass is 422 g/mol. The number of rotatable bonds is 7. The number of halogens is 1. The van der Waals surface area contributed by atoms with Gasteiger partial charge in [-0.2, -0.15) is 0 Å². The maximum absolute atomic E-state index is 11.9. The van der Waals surface area contributed by atoms with Gasteiger partial charge in [0, 0.05) is 24.9 Å². The lowest BCUT2D eigenvalue weighted by atomic mass is 9.91. The van der Waals surface area contributed by atoms with Gasteiger partial charge in [0.25, 0.3) is 0 Å². The van der Waals surface area contributed by atoms with Crippen LogP contribution < -0.4 is 16.4 Å². The van der Waals surface area contributed by atoms with Crippen LogP contribution >= 0.6 is 40.5 Å². The Morgan fingerprint density at radius 1 is 1.61 bits per heavy atom. The molecule has 1 aliphatic rings. The van der Waals surface area contributed by atoms with Crippen LogP contribution in [-0.2, 0) is 15.1 Å². The van der Waals surface area contributed by atoms with Gasteiger partial charge < -0.3 is 21.1 Å². The molecule has 130 valence electrons. The fraction of sp³-hybridized carbons (Fsp3) is 0.643. The Morgan fingerprint density at radius 3 is 3.00 bits per heavy atom. The van der Waals surface area contributed by atoms with Gasteiger partial charge in [0.1, 0.15) is 0 Å². The van der Waals surface area contributed by atoms with Gasteiger partial charge in [-0.1, -0.05) is 13.3 Å². The summed E-state index contributed by atoms with van der Waals surface area (Å²) in [7, 11) is 0. The number of anilines is 1. The number of ether oxygens (including phenoxy) is 1. The molecule has 1 aromatic heterocycles. The van der Waals surface area contributed by atoms with Crippen LogP contribution in [-0.4, -0.2) is 29.2 Å². The van der Waals surface area contributed by atoms with E-state index >= 15 is 0 Å². The fourth-order valence-electron chi connectivity index (χ4n) is 2.58. The fourth-order valence-corrected chi connectivity index (χ4v) is 3.54. The lowest BCUT2D eigenvalue weighted by molar-refractivity contribution is -0.150. The van der Waals surface area contributed by atoms with E-state index < -0.39 is 5.60 Å². The molecule has 1 aliphatic heterocycles. The molecule has 23 heavy (non-hydrogen) atoms. The summed E-state index contributed by atoms with van der Waals surface area (Å²) in [6.07, 6.45) is 2.55. The highest BCUT2D eigenvalue weighted by Crippen LogP contribution is 2.41. The third-order valence-electron chi connectivity index (χ3n) is 3.68. The van der Waals surface area contributed by atoms with Crippen molar-refractivity contribution in [1.29, 1.82) is 0 Å². The van der Waals surface area contributed by atoms with Crippen molar-refractivity contribution in [2.75, 3.05) is 18.4 Å². The van der Waals surface area contributed by atoms with Gasteiger partial charge in [-0.25, -0.2) is 4.98 Å². The first kappa shape index (κ1) is 20.1. The number of nitrogens with one attached hydrogen (secondary N) is 2. The topological polar surface area (TPSA) is 89.3 Å². The first-order valence-corrected chi connectivity index (χ1v) is 8.69. The minimum atomic E-state index is -0.607. The summed E-state index contributed by atoms with van der Waals surface area (Å²) >= 11 is 6.24. The number of carbonyl (C=O) groups is 1. The van der Waals surface area contributed by atoms with E-state index in [-0.39, 0.29) is 34.0 Å². The Hall–Kier alpha value is -0.930. The van der Waals surface area contributed by atoms with Crippen LogP contribution in [0.2, 0.25) is 0 Å². The van der Waals surface area contributed by atoms with Crippen LogP contribution in [0.4, 0.5) is 5.13 Å². The van der Waals surface area contributed by atoms with Crippen molar-refractivity contribution in [2.24, 2.45) is 11.7 Å². The Balaban J connectivity index is 0.00000264. The average Bonchev–Trinajstić information content (AvgIpc) is 3.02. The summed E-state index contributed by atoms with van der Waals surface area (Å²) in [5.41, 5.74) is 5.57. The van der Waals surface area contributed by atoms with Gasteiger partial charge in [0.05, 0.1) is 11.6 Å². The Morgan fingerprint density at radius 2 is 2.35 bits per heavy atom. The molecule has 0 aromatic carbocycles. The highest BCUT2D eigenvalue weighted by atomic mass is 79.9. The molecule has 0 radical (unpaired) electrons. The van der Waals surface area contributed by atoms with Crippen LogP contribution in [0, 0.1) is 5.92 Å². The van der Waals surface area contributed by atoms with E-state index in [2.05, 4.69) is 22.5 Å². The van der Waals surface area contributed by atoms with Crippen molar-refractivity contribution in [3.63, 3.8) is 0 Å². The lowest BCUT2D eigenvalue weighted by Crippen LogP contribution is -2.32. The molecule has 0 spiro atoms. The summed E-state index contributed by atoms with van der Waals surface area (Å²) < 4.78 is 5.60. The van der Waals surface area contributed by atoms with E-state index in [1.165, 1.54) is 11.3 Å². The molecule has 1 aromatic rings. The number of thiocarbonyl (C=S) groups is 1. The molecule has 2 heterocycles. The van der Waals surface area contributed by atoms with Crippen LogP contribution in [0.5, 0.6) is 0 Å². The maximum Gasteiger partial charge on any atom is 0.310 e. The quantitative estimate of drug-likeness (QED) is 0.353. The van der Waals surface area contributed by atoms with Gasteiger partial charge >= 0.3 is 5.97 Å². The number of nitrogens with zero attached hydrogens (tertiary/aromatic N) is 1. The number of carbonyl (C=O) groups excluding carboxylic acids is 1. The molecular weight excluding hydrogens is 400 g/mol. The van der Waals surface area contributed by atoms with Gasteiger partial charge in [-0.15, -0.1) is 28.3 Å². The van der Waals surface area contributed by atoms with Gasteiger partial charge in [-0.05, 0) is 25.6 Å². The number of esters is 1. The summed E-state index contributed by atoms with van der Waals surface area (Å²) in [4.78, 5) is 16.5. The molecule has 0 aliphatic carbocycles. The molecule has 2 rings (SSSR count). The minimum absolute atomic E-state index is 0. The molecule has 1 fully saturated rings. The van der Waals surface area contributed by atoms with E-state index in [9.17, 15) is 4.79 Å². The molecule has 2 unspecified atom stereocenters. The third-order valence-corrected chi connectivity index (χ3v) is 4.62. The Kier molecular flexibility index (Phi) is 7.69. The van der Waals surface area contributed by atoms with E-state index in [1.54, 1.807) is 0 Å². The molecule has 0 amide bonds. The summed E-state index contributed by atoms with van der Waals surface area (Å²) in [5, 5.41) is 9.10. The van der Waals surface area contributed by atoms with E-state index in [1.807, 2.05) is 12.3 Å². The molecule has 9 heteroatoms. The van der Waals surface area contributed by atoms with Crippen LogP contribution in [0.25, 0.3) is 0 Å². The second-order valence-corrected chi connectivity index (χ2v) is 6.90. The number of hydrogen-bond donors (Lipinski definition) is 3. The summed E-state index contributed by atoms with van der Waals surface area (Å²) in [5.74, 6) is -0.115. The maximum atomic E-state index is 11.9. The normalized spacial score (nSPS) is 23.0. The van der Waals surface area contributed by atoms with Crippen molar-refractivity contribution in [2.45, 2.75) is 38.7 Å². The standard InChI is InChI=1S/C14H22N4O2S2.BrH/c1-3-4-9-7-14(2,20-11(9)19)10-8-22-13(18-10)17-6-5-16-12(15)21;/h8-9H,3-7H2,1-2H3,(H,17,18)(H3,15,16,21);1H. The third kappa shape index (κ3) is 5.29. The number of nitrogens with two attached hydrogens (primary N) is 1. The molecule has 2 atom stereocenters. The minimum Gasteiger partial charge on any atom is -0.453 e. The number of aromatic nitrogens is 1. The molecule has 0 bridgehead atoms. The second kappa shape index (κ2) is 8.79. The van der Waals surface area contributed by atoms with Crippen molar-refractivity contribution in [1.82, 2.24) is 10.3 Å². The largest absolute Gasteiger partial charge is 0.453 e. The first-order chi connectivity index (χ1) is 10.4. The lowest BCUT2D eigenvalue weighted by Gasteiger charge is -2.19. The van der Waals surface area contributed by atoms with Crippen molar-refractivity contribution < 1.29 is 9.53 Å². The molecular formula is C14H23BrN4O2S2. The highest BCUT2D eigenvalue weighted by molar-refractivity contribution is 8.93. The molecule has 1 saturated heterocycles. The summed E-state index contributed by atoms with van der Waals surface area (Å²) in [6.45, 7) is 5.32. The number of cyclic esters (lactones) is 1. The van der Waals surface area contributed by atoms with Crippen molar-refractivity contribution in [3.8, 4) is 0 Å². The first-order valence-electron chi connectivity index (χ1n) is 7.40. The zero-order chi connectivity index (χ0) is 16.2. The summed E-state index contributed by atoms with van der Waals surface area (Å²) in [6, 6.07) is 0. The molecule has 6 nitrogen and oxygen atoms in total. The Bertz CT molecular complexity index is 555. The van der Waals surface area contributed by atoms with Crippen molar-refractivity contribution >= 4 is 56.7 Å². The number of thiazole rings is 1. The van der Waals surface area contributed by atoms with Crippen LogP contribution in [0.15, 0.2) is 5.38 Å². The smallest absolute Gasteiger partial charge is 0.310 e. The SMILES string of the molecule is Br.CCCC1CC(C)(c2csc(NCCNC(N)=S)n2)OC1=O. The van der Waals surface area contributed by atoms with Gasteiger partial charge in [-0.3, -0.25) is 4.79 Å². The predicted octanol–water partition coefficient (Wildman–Crippen LogP) is 2.54. The Labute approximate surface area is 156 Å². The predicted molar refractivity (Wildman–Crippen MR) is 102 cm³/mol. The van der Waals surface area contributed by atoms with Crippen LogP contribution in [0.3, 0.4) is 0 Å². The highest BCUT2D eigenvalue weighted by Gasteiger charge is 2.45. The van der Waals surface area contributed by atoms with Crippen LogP contribution in [0.1, 0.15) is 38.8 Å². The zero-order valence-electron chi connectivity index (χ0n) is 13.3. The zero-order valence-corrected chi connectivity index (χ0v) is 16.6. The van der Waals surface area contributed by atoms with Gasteiger partial charge in [0.15, 0.2) is 15.8 Å². The number of hydrogen-bond acceptors (Lipinski definition) is 6.